The summed E-state index contributed by atoms with van der Waals surface area (Å²) in [6, 6.07) is 0. The number of rotatable bonds is 4. The van der Waals surface area contributed by atoms with Crippen LogP contribution in [-0.4, -0.2) is 0 Å². The molecule has 0 aromatic rings. The van der Waals surface area contributed by atoms with Crippen molar-refractivity contribution in [2.45, 2.75) is 64.7 Å². The summed E-state index contributed by atoms with van der Waals surface area (Å²) in [5.41, 5.74) is 1.81. The van der Waals surface area contributed by atoms with Crippen molar-refractivity contribution in [1.82, 2.24) is 0 Å². The van der Waals surface area contributed by atoms with Crippen molar-refractivity contribution in [3.8, 4) is 0 Å². The van der Waals surface area contributed by atoms with Crippen molar-refractivity contribution in [2.75, 3.05) is 0 Å². The predicted molar refractivity (Wildman–Crippen MR) is 92.1 cm³/mol. The summed E-state index contributed by atoms with van der Waals surface area (Å²) >= 11 is 0. The molecule has 0 aliphatic heterocycles. The maximum absolute atomic E-state index is 4.09. The van der Waals surface area contributed by atoms with Crippen LogP contribution in [0.3, 0.4) is 0 Å². The maximum atomic E-state index is 4.09. The molecule has 0 bridgehead atoms. The maximum Gasteiger partial charge on any atom is -0.00220 e. The molecule has 0 N–H and O–H groups in total. The molecule has 0 aromatic carbocycles. The molecular weight excluding hydrogens is 252 g/mol. The van der Waals surface area contributed by atoms with Crippen molar-refractivity contribution in [2.24, 2.45) is 29.6 Å². The van der Waals surface area contributed by atoms with Crippen LogP contribution in [0.2, 0.25) is 0 Å². The molecule has 0 heteroatoms. The Bertz CT molecular complexity index is 414. The fraction of sp³-hybridized carbons (Fsp3) is 0.714. The zero-order chi connectivity index (χ0) is 14.7. The van der Waals surface area contributed by atoms with E-state index in [1.165, 1.54) is 57.8 Å². The first kappa shape index (κ1) is 15.1. The predicted octanol–water partition coefficient (Wildman–Crippen LogP) is 6.31. The van der Waals surface area contributed by atoms with Crippen LogP contribution >= 0.6 is 0 Å². The van der Waals surface area contributed by atoms with Gasteiger partial charge in [0.05, 0.1) is 0 Å². The lowest BCUT2D eigenvalue weighted by molar-refractivity contribution is 0.229. The van der Waals surface area contributed by atoms with Crippen LogP contribution in [0.25, 0.3) is 0 Å². The zero-order valence-electron chi connectivity index (χ0n) is 13.8. The zero-order valence-corrected chi connectivity index (χ0v) is 13.8. The van der Waals surface area contributed by atoms with Crippen molar-refractivity contribution in [3.63, 3.8) is 0 Å². The van der Waals surface area contributed by atoms with E-state index in [0.29, 0.717) is 5.92 Å². The van der Waals surface area contributed by atoms with Crippen LogP contribution in [-0.2, 0) is 0 Å². The number of allylic oxidation sites excluding steroid dienone is 5. The van der Waals surface area contributed by atoms with Crippen molar-refractivity contribution < 1.29 is 0 Å². The Morgan fingerprint density at radius 1 is 1.24 bits per heavy atom. The van der Waals surface area contributed by atoms with E-state index in [1.807, 2.05) is 5.57 Å². The summed E-state index contributed by atoms with van der Waals surface area (Å²) in [6.07, 6.45) is 22.4. The third kappa shape index (κ3) is 3.20. The monoisotopic (exact) mass is 284 g/mol. The second-order valence-electron chi connectivity index (χ2n) is 7.49. The molecule has 21 heavy (non-hydrogen) atoms. The van der Waals surface area contributed by atoms with Gasteiger partial charge < -0.3 is 0 Å². The Morgan fingerprint density at radius 3 is 2.90 bits per heavy atom. The molecule has 5 unspecified atom stereocenters. The average Bonchev–Trinajstić information content (AvgIpc) is 2.56. The minimum atomic E-state index is 0.605. The van der Waals surface area contributed by atoms with Gasteiger partial charge in [0.25, 0.3) is 0 Å². The lowest BCUT2D eigenvalue weighted by atomic mass is 9.65. The van der Waals surface area contributed by atoms with Crippen molar-refractivity contribution in [1.29, 1.82) is 0 Å². The molecule has 3 rings (SSSR count). The summed E-state index contributed by atoms with van der Waals surface area (Å²) in [5.74, 6) is 4.15. The van der Waals surface area contributed by atoms with E-state index in [2.05, 4.69) is 37.8 Å². The third-order valence-corrected chi connectivity index (χ3v) is 6.42. The summed E-state index contributed by atoms with van der Waals surface area (Å²) in [5, 5.41) is 0. The molecule has 0 heterocycles. The van der Waals surface area contributed by atoms with E-state index in [4.69, 9.17) is 0 Å². The molecule has 0 spiro atoms. The molecule has 5 atom stereocenters. The van der Waals surface area contributed by atoms with Gasteiger partial charge in [-0.25, -0.2) is 0 Å². The minimum Gasteiger partial charge on any atom is -0.102 e. The summed E-state index contributed by atoms with van der Waals surface area (Å²) in [7, 11) is 0. The topological polar surface area (TPSA) is 0 Å². The summed E-state index contributed by atoms with van der Waals surface area (Å²) in [4.78, 5) is 0. The summed E-state index contributed by atoms with van der Waals surface area (Å²) < 4.78 is 0. The number of hydrogen-bond acceptors (Lipinski definition) is 0. The van der Waals surface area contributed by atoms with Crippen LogP contribution in [0, 0.1) is 29.6 Å². The second-order valence-corrected chi connectivity index (χ2v) is 7.49. The lowest BCUT2D eigenvalue weighted by Gasteiger charge is -2.40. The molecule has 0 aromatic heterocycles. The van der Waals surface area contributed by atoms with E-state index in [1.54, 1.807) is 0 Å². The Hall–Kier alpha value is -0.780. The Morgan fingerprint density at radius 2 is 2.10 bits per heavy atom. The van der Waals surface area contributed by atoms with Crippen molar-refractivity contribution >= 4 is 0 Å². The van der Waals surface area contributed by atoms with E-state index < -0.39 is 0 Å². The van der Waals surface area contributed by atoms with Gasteiger partial charge in [0.15, 0.2) is 0 Å². The van der Waals surface area contributed by atoms with Crippen LogP contribution in [0.15, 0.2) is 36.5 Å². The van der Waals surface area contributed by atoms with E-state index >= 15 is 0 Å². The minimum absolute atomic E-state index is 0.605. The first-order valence-electron chi connectivity index (χ1n) is 9.33. The highest BCUT2D eigenvalue weighted by Gasteiger charge is 2.33. The highest BCUT2D eigenvalue weighted by molar-refractivity contribution is 5.18. The van der Waals surface area contributed by atoms with E-state index in [9.17, 15) is 0 Å². The van der Waals surface area contributed by atoms with Crippen LogP contribution in [0.1, 0.15) is 64.7 Å². The van der Waals surface area contributed by atoms with Gasteiger partial charge in [0.2, 0.25) is 0 Å². The molecule has 1 fully saturated rings. The van der Waals surface area contributed by atoms with E-state index in [-0.39, 0.29) is 0 Å². The first-order valence-corrected chi connectivity index (χ1v) is 9.33. The standard InChI is InChI=1S/C21H32/c1-3-16-9-7-8-12-21(16)20(4-2)19-14-13-17-10-5-6-11-18(17)15-19/h3,7,9,15-18,20-21H,1,4-6,8,10-14H2,2H3. The molecule has 1 saturated carbocycles. The number of fused-ring (bicyclic) bond motifs is 1. The molecule has 116 valence electrons. The largest absolute Gasteiger partial charge is 0.102 e. The summed E-state index contributed by atoms with van der Waals surface area (Å²) in [6.45, 7) is 6.49. The molecule has 0 saturated heterocycles. The van der Waals surface area contributed by atoms with Gasteiger partial charge in [-0.2, -0.15) is 0 Å². The lowest BCUT2D eigenvalue weighted by Crippen LogP contribution is -2.29. The molecule has 0 radical (unpaired) electrons. The third-order valence-electron chi connectivity index (χ3n) is 6.42. The fourth-order valence-electron chi connectivity index (χ4n) is 5.27. The van der Waals surface area contributed by atoms with Gasteiger partial charge in [-0.3, -0.25) is 0 Å². The Balaban J connectivity index is 1.77. The van der Waals surface area contributed by atoms with Gasteiger partial charge in [0, 0.05) is 0 Å². The van der Waals surface area contributed by atoms with Gasteiger partial charge >= 0.3 is 0 Å². The molecular formula is C21H32. The molecule has 3 aliphatic rings. The molecule has 0 nitrogen and oxygen atoms in total. The normalized spacial score (nSPS) is 37.5. The molecule has 3 aliphatic carbocycles. The molecule has 0 amide bonds. The van der Waals surface area contributed by atoms with Gasteiger partial charge in [-0.05, 0) is 74.5 Å². The smallest absolute Gasteiger partial charge is 0.00220 e. The fourth-order valence-corrected chi connectivity index (χ4v) is 5.27. The van der Waals surface area contributed by atoms with Crippen LogP contribution in [0.5, 0.6) is 0 Å². The quantitative estimate of drug-likeness (QED) is 0.531. The Labute approximate surface area is 131 Å². The average molecular weight is 284 g/mol. The SMILES string of the molecule is C=CC1C=CCCC1C(CC)C1=CC2CCCCC2CC1. The van der Waals surface area contributed by atoms with Gasteiger partial charge in [-0.1, -0.05) is 49.6 Å². The van der Waals surface area contributed by atoms with Gasteiger partial charge in [-0.15, -0.1) is 6.58 Å². The highest BCUT2D eigenvalue weighted by Crippen LogP contribution is 2.45. The Kier molecular flexibility index (Phi) is 5.03. The number of hydrogen-bond donors (Lipinski definition) is 0. The highest BCUT2D eigenvalue weighted by atomic mass is 14.4. The first-order chi connectivity index (χ1) is 10.3. The van der Waals surface area contributed by atoms with Crippen LogP contribution in [0.4, 0.5) is 0 Å². The second kappa shape index (κ2) is 6.99. The van der Waals surface area contributed by atoms with Gasteiger partial charge in [0.1, 0.15) is 0 Å². The van der Waals surface area contributed by atoms with Crippen LogP contribution < -0.4 is 0 Å². The van der Waals surface area contributed by atoms with E-state index in [0.717, 1.165) is 23.7 Å². The van der Waals surface area contributed by atoms with Crippen molar-refractivity contribution in [3.05, 3.63) is 36.5 Å².